The zero-order valence-electron chi connectivity index (χ0n) is 18.7. The predicted octanol–water partition coefficient (Wildman–Crippen LogP) is 6.00. The van der Waals surface area contributed by atoms with Crippen LogP contribution in [0.25, 0.3) is 10.8 Å². The second-order valence-electron chi connectivity index (χ2n) is 9.04. The fourth-order valence-electron chi connectivity index (χ4n) is 6.18. The number of ether oxygens (including phenoxy) is 1. The van der Waals surface area contributed by atoms with Gasteiger partial charge in [0.1, 0.15) is 5.75 Å². The van der Waals surface area contributed by atoms with E-state index in [1.165, 1.54) is 0 Å². The van der Waals surface area contributed by atoms with Gasteiger partial charge in [-0.1, -0.05) is 97.9 Å². The Bertz CT molecular complexity index is 1470. The molecule has 1 fully saturated rings. The molecule has 1 heterocycles. The van der Waals surface area contributed by atoms with Crippen molar-refractivity contribution in [3.8, 4) is 5.75 Å². The number of rotatable bonds is 5. The molecule has 1 saturated carbocycles. The zero-order chi connectivity index (χ0) is 23.5. The van der Waals surface area contributed by atoms with Gasteiger partial charge in [-0.2, -0.15) is 0 Å². The molecule has 0 amide bonds. The van der Waals surface area contributed by atoms with Crippen LogP contribution in [0.2, 0.25) is 0 Å². The van der Waals surface area contributed by atoms with Crippen molar-refractivity contribution < 1.29 is 19.1 Å². The van der Waals surface area contributed by atoms with E-state index in [4.69, 9.17) is 4.74 Å². The number of carbonyl (C=O) groups is 3. The van der Waals surface area contributed by atoms with E-state index in [2.05, 4.69) is 0 Å². The number of benzene rings is 4. The Morgan fingerprint density at radius 3 is 2.00 bits per heavy atom. The zero-order valence-corrected chi connectivity index (χ0v) is 18.7. The smallest absolute Gasteiger partial charge is 0.327 e. The topological polar surface area (TPSA) is 60.4 Å². The molecule has 0 radical (unpaired) electrons. The minimum absolute atomic E-state index is 0.192. The van der Waals surface area contributed by atoms with E-state index in [-0.39, 0.29) is 11.6 Å². The molecule has 0 spiro atoms. The maximum atomic E-state index is 14.2. The van der Waals surface area contributed by atoms with Gasteiger partial charge in [-0.25, -0.2) is 0 Å². The first-order chi connectivity index (χ1) is 16.6. The Labute approximate surface area is 197 Å². The van der Waals surface area contributed by atoms with E-state index in [1.54, 1.807) is 54.6 Å². The highest BCUT2D eigenvalue weighted by Crippen LogP contribution is 2.81. The molecular formula is C30H22O4. The van der Waals surface area contributed by atoms with Crippen LogP contribution >= 0.6 is 0 Å². The van der Waals surface area contributed by atoms with Crippen LogP contribution in [0.15, 0.2) is 97.1 Å². The molecule has 0 N–H and O–H groups in total. The second-order valence-corrected chi connectivity index (χ2v) is 9.04. The highest BCUT2D eigenvalue weighted by molar-refractivity contribution is 6.26. The van der Waals surface area contributed by atoms with Gasteiger partial charge in [0.05, 0.1) is 5.41 Å². The highest BCUT2D eigenvalue weighted by Gasteiger charge is 2.89. The van der Waals surface area contributed by atoms with E-state index >= 15 is 0 Å². The number of hydrogen-bond donors (Lipinski definition) is 0. The standard InChI is InChI=1S/C30H22O4/c1-2-29(26(31)20-12-5-3-6-13-20)25-24-22-16-10-9-11-19(22)17-18-23(24)34-28(33)30(25,29)27(32)21-14-7-4-8-15-21/h3-18,25H,2H2,1H3/t25-,29-,30+/m1/s1. The molecule has 0 saturated heterocycles. The molecule has 4 heteroatoms. The quantitative estimate of drug-likeness (QED) is 0.163. The van der Waals surface area contributed by atoms with Crippen molar-refractivity contribution >= 4 is 28.3 Å². The highest BCUT2D eigenvalue weighted by atomic mass is 16.5. The first-order valence-electron chi connectivity index (χ1n) is 11.5. The van der Waals surface area contributed by atoms with Crippen LogP contribution in [0.1, 0.15) is 45.5 Å². The summed E-state index contributed by atoms with van der Waals surface area (Å²) in [4.78, 5) is 42.2. The molecule has 1 aliphatic carbocycles. The van der Waals surface area contributed by atoms with Crippen LogP contribution in [0.5, 0.6) is 5.75 Å². The summed E-state index contributed by atoms with van der Waals surface area (Å²) in [5.74, 6) is -1.36. The Morgan fingerprint density at radius 1 is 0.765 bits per heavy atom. The summed E-state index contributed by atoms with van der Waals surface area (Å²) in [6.45, 7) is 1.89. The first kappa shape index (κ1) is 20.5. The lowest BCUT2D eigenvalue weighted by Crippen LogP contribution is -2.39. The Balaban J connectivity index is 1.67. The lowest BCUT2D eigenvalue weighted by molar-refractivity contribution is -0.140. The summed E-state index contributed by atoms with van der Waals surface area (Å²) in [5, 5.41) is 1.88. The molecule has 0 bridgehead atoms. The summed E-state index contributed by atoms with van der Waals surface area (Å²) in [6.07, 6.45) is 0.335. The third-order valence-electron chi connectivity index (χ3n) is 7.68. The number of Topliss-reactive ketones (excluding diaryl/α,β-unsaturated/α-hetero) is 2. The monoisotopic (exact) mass is 446 g/mol. The van der Waals surface area contributed by atoms with Gasteiger partial charge in [0.2, 0.25) is 0 Å². The molecule has 0 aromatic heterocycles. The average Bonchev–Trinajstić information content (AvgIpc) is 3.54. The number of hydrogen-bond acceptors (Lipinski definition) is 4. The second kappa shape index (κ2) is 7.22. The normalized spacial score (nSPS) is 24.6. The van der Waals surface area contributed by atoms with Crippen molar-refractivity contribution in [2.24, 2.45) is 10.8 Å². The SMILES string of the molecule is CC[C@]1(C(=O)c2ccccc2)[C@H]2c3c(ccc4ccccc34)OC(=O)[C@@]21C(=O)c1ccccc1. The lowest BCUT2D eigenvalue weighted by Gasteiger charge is -2.24. The molecule has 4 aromatic carbocycles. The molecule has 34 heavy (non-hydrogen) atoms. The fourth-order valence-corrected chi connectivity index (χ4v) is 6.18. The van der Waals surface area contributed by atoms with Gasteiger partial charge in [0.15, 0.2) is 17.0 Å². The van der Waals surface area contributed by atoms with Gasteiger partial charge in [0.25, 0.3) is 0 Å². The van der Waals surface area contributed by atoms with E-state index < -0.39 is 22.7 Å². The molecule has 4 nitrogen and oxygen atoms in total. The molecule has 3 atom stereocenters. The number of ketones is 2. The Hall–Kier alpha value is -4.05. The van der Waals surface area contributed by atoms with E-state index in [0.717, 1.165) is 16.3 Å². The van der Waals surface area contributed by atoms with Gasteiger partial charge < -0.3 is 4.74 Å². The van der Waals surface area contributed by atoms with Crippen LogP contribution in [0.4, 0.5) is 0 Å². The van der Waals surface area contributed by atoms with Crippen molar-refractivity contribution in [2.75, 3.05) is 0 Å². The lowest BCUT2D eigenvalue weighted by atomic mass is 9.79. The third kappa shape index (κ3) is 2.40. The third-order valence-corrected chi connectivity index (χ3v) is 7.68. The van der Waals surface area contributed by atoms with Crippen molar-refractivity contribution in [3.63, 3.8) is 0 Å². The van der Waals surface area contributed by atoms with Crippen LogP contribution in [-0.4, -0.2) is 17.5 Å². The fraction of sp³-hybridized carbons (Fsp3) is 0.167. The number of esters is 1. The predicted molar refractivity (Wildman–Crippen MR) is 129 cm³/mol. The van der Waals surface area contributed by atoms with Gasteiger partial charge in [-0.05, 0) is 23.3 Å². The molecule has 1 aliphatic heterocycles. The van der Waals surface area contributed by atoms with Crippen LogP contribution in [-0.2, 0) is 4.79 Å². The minimum Gasteiger partial charge on any atom is -0.425 e. The molecule has 0 unspecified atom stereocenters. The summed E-state index contributed by atoms with van der Waals surface area (Å²) in [6, 6.07) is 29.2. The number of fused-ring (bicyclic) bond motifs is 5. The van der Waals surface area contributed by atoms with Crippen LogP contribution in [0.3, 0.4) is 0 Å². The molecular weight excluding hydrogens is 424 g/mol. The largest absolute Gasteiger partial charge is 0.425 e. The maximum Gasteiger partial charge on any atom is 0.327 e. The van der Waals surface area contributed by atoms with Gasteiger partial charge >= 0.3 is 5.97 Å². The molecule has 4 aromatic rings. The van der Waals surface area contributed by atoms with E-state index in [9.17, 15) is 14.4 Å². The van der Waals surface area contributed by atoms with Crippen molar-refractivity contribution in [3.05, 3.63) is 114 Å². The summed E-state index contributed by atoms with van der Waals surface area (Å²) >= 11 is 0. The van der Waals surface area contributed by atoms with Crippen LogP contribution < -0.4 is 4.74 Å². The summed E-state index contributed by atoms with van der Waals surface area (Å²) < 4.78 is 5.87. The number of carbonyl (C=O) groups excluding carboxylic acids is 3. The Kier molecular flexibility index (Phi) is 4.37. The first-order valence-corrected chi connectivity index (χ1v) is 11.5. The average molecular weight is 447 g/mol. The van der Waals surface area contributed by atoms with Gasteiger partial charge in [0, 0.05) is 22.6 Å². The maximum absolute atomic E-state index is 14.2. The van der Waals surface area contributed by atoms with E-state index in [1.807, 2.05) is 49.4 Å². The molecule has 166 valence electrons. The molecule has 6 rings (SSSR count). The summed E-state index contributed by atoms with van der Waals surface area (Å²) in [5.41, 5.74) is -1.16. The van der Waals surface area contributed by atoms with Crippen molar-refractivity contribution in [1.29, 1.82) is 0 Å². The Morgan fingerprint density at radius 2 is 1.35 bits per heavy atom. The van der Waals surface area contributed by atoms with Gasteiger partial charge in [-0.15, -0.1) is 0 Å². The molecule has 2 aliphatic rings. The van der Waals surface area contributed by atoms with Crippen molar-refractivity contribution in [1.82, 2.24) is 0 Å². The van der Waals surface area contributed by atoms with Crippen molar-refractivity contribution in [2.45, 2.75) is 19.3 Å². The van der Waals surface area contributed by atoms with Crippen LogP contribution in [0, 0.1) is 10.8 Å². The van der Waals surface area contributed by atoms with E-state index in [0.29, 0.717) is 23.3 Å². The summed E-state index contributed by atoms with van der Waals surface area (Å²) in [7, 11) is 0. The minimum atomic E-state index is -1.60. The van der Waals surface area contributed by atoms with Gasteiger partial charge in [-0.3, -0.25) is 14.4 Å².